The highest BCUT2D eigenvalue weighted by molar-refractivity contribution is 6.05. The van der Waals surface area contributed by atoms with Crippen LogP contribution in [0.15, 0.2) is 77.6 Å². The van der Waals surface area contributed by atoms with Gasteiger partial charge in [0, 0.05) is 96.9 Å². The van der Waals surface area contributed by atoms with Gasteiger partial charge in [0.15, 0.2) is 11.5 Å². The fraction of sp³-hybridized carbons (Fsp3) is 0.417. The van der Waals surface area contributed by atoms with E-state index >= 15 is 4.39 Å². The summed E-state index contributed by atoms with van der Waals surface area (Å²) in [4.78, 5) is 56.8. The lowest BCUT2D eigenvalue weighted by Crippen LogP contribution is -2.49. The number of H-pyrrole nitrogens is 1. The highest BCUT2D eigenvalue weighted by Crippen LogP contribution is 2.39. The van der Waals surface area contributed by atoms with E-state index in [1.54, 1.807) is 17.3 Å². The van der Waals surface area contributed by atoms with Gasteiger partial charge in [0.1, 0.15) is 11.4 Å². The molecule has 0 radical (unpaired) electrons. The van der Waals surface area contributed by atoms with Gasteiger partial charge in [0.2, 0.25) is 5.91 Å². The maximum absolute atomic E-state index is 16.5. The number of halogens is 1. The van der Waals surface area contributed by atoms with Gasteiger partial charge in [-0.15, -0.1) is 0 Å². The molecule has 2 aromatic carbocycles. The fourth-order valence-electron chi connectivity index (χ4n) is 9.13. The lowest BCUT2D eigenvalue weighted by Gasteiger charge is -2.40. The number of nitrogens with zero attached hydrogens (tertiary/aromatic N) is 8. The molecule has 7 heterocycles. The molecule has 3 aliphatic heterocycles. The first-order chi connectivity index (χ1) is 30.7. The van der Waals surface area contributed by atoms with Gasteiger partial charge in [-0.2, -0.15) is 10.1 Å². The zero-order valence-electron chi connectivity index (χ0n) is 36.9. The van der Waals surface area contributed by atoms with Gasteiger partial charge in [-0.05, 0) is 99.0 Å². The third kappa shape index (κ3) is 8.83. The van der Waals surface area contributed by atoms with Crippen LogP contribution >= 0.6 is 0 Å². The van der Waals surface area contributed by atoms with Crippen molar-refractivity contribution in [1.82, 2.24) is 45.8 Å². The molecular weight excluding hydrogens is 814 g/mol. The molecule has 3 saturated heterocycles. The van der Waals surface area contributed by atoms with Crippen molar-refractivity contribution in [1.29, 1.82) is 0 Å². The van der Waals surface area contributed by atoms with Crippen LogP contribution in [0.3, 0.4) is 0 Å². The third-order valence-corrected chi connectivity index (χ3v) is 13.0. The number of aromatic nitrogens is 6. The smallest absolute Gasteiger partial charge is 0.328 e. The van der Waals surface area contributed by atoms with Crippen molar-refractivity contribution >= 4 is 40.3 Å². The van der Waals surface area contributed by atoms with Gasteiger partial charge in [0.25, 0.3) is 0 Å². The minimum Gasteiger partial charge on any atom is -0.372 e. The first kappa shape index (κ1) is 42.7. The highest BCUT2D eigenvalue weighted by Gasteiger charge is 2.37. The Kier molecular flexibility index (Phi) is 11.5. The summed E-state index contributed by atoms with van der Waals surface area (Å²) in [5.41, 5.74) is 6.45. The minimum absolute atomic E-state index is 0.0678. The molecule has 9 rings (SSSR count). The molecule has 0 bridgehead atoms. The first-order valence-corrected chi connectivity index (χ1v) is 22.2. The molecule has 0 saturated carbocycles. The normalized spacial score (nSPS) is 18.0. The van der Waals surface area contributed by atoms with Crippen LogP contribution in [0.5, 0.6) is 0 Å². The number of likely N-dealkylation sites (tertiary alicyclic amines) is 1. The second-order valence-corrected chi connectivity index (χ2v) is 18.5. The number of benzene rings is 2. The standard InChI is InChI=1S/C48H54FN11O4/c1-29-24-32(6-12-37(29)30(2)52-43(62)44-54-45(57-64-44)47(3,4)5)41-38-25-33(26-51-42(38)56-55-41)39-13-7-34(27-50-39)48(49)17-22-58(23-18-48)28-31-14-19-59(20-15-31)35-8-10-36(11-9-35)60-21-16-40(61)53-46(60)63/h6-13,24-27,30-31H,14-23,28H2,1-5H3,(H,52,62)(H,51,55,56)(H,53,61,63). The van der Waals surface area contributed by atoms with Crippen LogP contribution in [-0.4, -0.2) is 92.3 Å². The quantitative estimate of drug-likeness (QED) is 0.122. The first-order valence-electron chi connectivity index (χ1n) is 22.2. The summed E-state index contributed by atoms with van der Waals surface area (Å²) in [5, 5.41) is 17.8. The lowest BCUT2D eigenvalue weighted by molar-refractivity contribution is -0.120. The molecule has 332 valence electrons. The number of aryl methyl sites for hydroxylation is 1. The van der Waals surface area contributed by atoms with Gasteiger partial charge in [-0.1, -0.05) is 44.1 Å². The summed E-state index contributed by atoms with van der Waals surface area (Å²) in [5.74, 6) is 0.288. The molecule has 3 N–H and O–H groups in total. The Morgan fingerprint density at radius 2 is 1.69 bits per heavy atom. The maximum Gasteiger partial charge on any atom is 0.328 e. The van der Waals surface area contributed by atoms with E-state index in [4.69, 9.17) is 9.51 Å². The number of nitrogens with one attached hydrogen (secondary N) is 3. The summed E-state index contributed by atoms with van der Waals surface area (Å²) >= 11 is 0. The fourth-order valence-corrected chi connectivity index (χ4v) is 9.13. The van der Waals surface area contributed by atoms with Gasteiger partial charge < -0.3 is 19.6 Å². The van der Waals surface area contributed by atoms with E-state index in [1.165, 1.54) is 0 Å². The van der Waals surface area contributed by atoms with Crippen LogP contribution in [0, 0.1) is 12.8 Å². The molecular formula is C48H54FN11O4. The zero-order chi connectivity index (χ0) is 44.8. The monoisotopic (exact) mass is 867 g/mol. The average Bonchev–Trinajstić information content (AvgIpc) is 3.97. The molecule has 15 nitrogen and oxygen atoms in total. The number of piperidine rings is 2. The number of anilines is 2. The molecule has 3 aliphatic rings. The van der Waals surface area contributed by atoms with Crippen molar-refractivity contribution in [2.24, 2.45) is 5.92 Å². The zero-order valence-corrected chi connectivity index (χ0v) is 36.9. The van der Waals surface area contributed by atoms with Crippen LogP contribution in [0.2, 0.25) is 0 Å². The number of imide groups is 1. The topological polar surface area (TPSA) is 178 Å². The van der Waals surface area contributed by atoms with Crippen LogP contribution in [0.4, 0.5) is 20.6 Å². The van der Waals surface area contributed by atoms with E-state index in [9.17, 15) is 14.4 Å². The van der Waals surface area contributed by atoms with Crippen molar-refractivity contribution in [2.45, 2.75) is 83.8 Å². The SMILES string of the molecule is Cc1cc(-c2n[nH]c3ncc(-c4ccc(C5(F)CCN(CC6CCN(c7ccc(N8CCC(=O)NC8=O)cc7)CC6)CC5)cn4)cc23)ccc1C(C)NC(=O)c1nc(C(C)(C)C)no1. The molecule has 4 amide bonds. The number of carbonyl (C=O) groups is 3. The maximum atomic E-state index is 16.5. The van der Waals surface area contributed by atoms with Crippen molar-refractivity contribution in [3.63, 3.8) is 0 Å². The summed E-state index contributed by atoms with van der Waals surface area (Å²) in [6.07, 6.45) is 6.72. The number of pyridine rings is 2. The van der Waals surface area contributed by atoms with Crippen LogP contribution < -0.4 is 20.4 Å². The second kappa shape index (κ2) is 17.2. The number of fused-ring (bicyclic) bond motifs is 1. The number of amides is 4. The number of urea groups is 1. The van der Waals surface area contributed by atoms with Crippen LogP contribution in [0.1, 0.15) is 99.0 Å². The summed E-state index contributed by atoms with van der Waals surface area (Å²) < 4.78 is 21.8. The number of carbonyl (C=O) groups excluding carboxylic acids is 3. The molecule has 6 aromatic rings. The Morgan fingerprint density at radius 1 is 0.938 bits per heavy atom. The number of rotatable bonds is 10. The molecule has 0 spiro atoms. The van der Waals surface area contributed by atoms with E-state index < -0.39 is 11.6 Å². The Hall–Kier alpha value is -6.55. The molecule has 4 aromatic heterocycles. The molecule has 1 unspecified atom stereocenters. The Balaban J connectivity index is 0.782. The Labute approximate surface area is 371 Å². The molecule has 64 heavy (non-hydrogen) atoms. The molecule has 1 atom stereocenters. The number of hydrogen-bond donors (Lipinski definition) is 3. The van der Waals surface area contributed by atoms with Crippen molar-refractivity contribution in [2.75, 3.05) is 49.1 Å². The van der Waals surface area contributed by atoms with E-state index in [1.807, 2.05) is 83.1 Å². The number of aromatic amines is 1. The number of hydrogen-bond acceptors (Lipinski definition) is 11. The highest BCUT2D eigenvalue weighted by atomic mass is 19.1. The number of alkyl halides is 1. The second-order valence-electron chi connectivity index (χ2n) is 18.5. The molecule has 16 heteroatoms. The van der Waals surface area contributed by atoms with E-state index in [0.29, 0.717) is 67.5 Å². The van der Waals surface area contributed by atoms with Crippen LogP contribution in [0.25, 0.3) is 33.5 Å². The van der Waals surface area contributed by atoms with Crippen molar-refractivity contribution < 1.29 is 23.3 Å². The van der Waals surface area contributed by atoms with Gasteiger partial charge >= 0.3 is 17.8 Å². The summed E-state index contributed by atoms with van der Waals surface area (Å²) in [6.45, 7) is 14.4. The van der Waals surface area contributed by atoms with Gasteiger partial charge in [0.05, 0.1) is 11.7 Å². The molecule has 0 aliphatic carbocycles. The van der Waals surface area contributed by atoms with Gasteiger partial charge in [-0.3, -0.25) is 29.9 Å². The van der Waals surface area contributed by atoms with E-state index in [0.717, 1.165) is 77.2 Å². The average molecular weight is 868 g/mol. The van der Waals surface area contributed by atoms with E-state index in [-0.39, 0.29) is 29.3 Å². The lowest BCUT2D eigenvalue weighted by atomic mass is 9.86. The van der Waals surface area contributed by atoms with Crippen molar-refractivity contribution in [3.8, 4) is 22.5 Å². The predicted molar refractivity (Wildman–Crippen MR) is 242 cm³/mol. The minimum atomic E-state index is -1.44. The van der Waals surface area contributed by atoms with Gasteiger partial charge in [-0.25, -0.2) is 14.2 Å². The Morgan fingerprint density at radius 3 is 2.36 bits per heavy atom. The third-order valence-electron chi connectivity index (χ3n) is 13.0. The largest absolute Gasteiger partial charge is 0.372 e. The van der Waals surface area contributed by atoms with Crippen LogP contribution in [-0.2, 0) is 15.9 Å². The summed E-state index contributed by atoms with van der Waals surface area (Å²) in [6, 6.07) is 19.1. The summed E-state index contributed by atoms with van der Waals surface area (Å²) in [7, 11) is 0. The van der Waals surface area contributed by atoms with E-state index in [2.05, 4.69) is 57.9 Å². The predicted octanol–water partition coefficient (Wildman–Crippen LogP) is 7.79. The van der Waals surface area contributed by atoms with Crippen molar-refractivity contribution in [3.05, 3.63) is 101 Å². The Bertz CT molecular complexity index is 2670. The molecule has 3 fully saturated rings.